The lowest BCUT2D eigenvalue weighted by Crippen LogP contribution is -2.30. The van der Waals surface area contributed by atoms with Crippen LogP contribution in [0.15, 0.2) is 12.3 Å². The van der Waals surface area contributed by atoms with Crippen molar-refractivity contribution in [3.8, 4) is 0 Å². The molecule has 1 heterocycles. The number of nitrogens with zero attached hydrogens (tertiary/aromatic N) is 3. The van der Waals surface area contributed by atoms with Crippen LogP contribution in [0.4, 0.5) is 0 Å². The van der Waals surface area contributed by atoms with Crippen LogP contribution in [0.5, 0.6) is 0 Å². The Hall–Kier alpha value is -0.580. The number of methoxy groups -OCH3 is 1. The minimum atomic E-state index is 0.0570. The van der Waals surface area contributed by atoms with Gasteiger partial charge in [0.2, 0.25) is 0 Å². The second-order valence-corrected chi connectivity index (χ2v) is 4.63. The number of halogens is 1. The maximum absolute atomic E-state index is 6.08. The number of alkyl halides is 1. The van der Waals surface area contributed by atoms with Gasteiger partial charge in [0.1, 0.15) is 0 Å². The van der Waals surface area contributed by atoms with E-state index in [2.05, 4.69) is 17.0 Å². The van der Waals surface area contributed by atoms with Crippen LogP contribution in [0.25, 0.3) is 0 Å². The standard InChI is InChI=1S/C11H20ClN3O/c1-14(8-10(12)9-16-3)7-5-11-4-6-13-15(11)2/h4,6,10H,5,7-9H2,1-3H3. The van der Waals surface area contributed by atoms with Crippen molar-refractivity contribution in [2.45, 2.75) is 11.8 Å². The van der Waals surface area contributed by atoms with E-state index in [-0.39, 0.29) is 5.38 Å². The second-order valence-electron chi connectivity index (χ2n) is 4.01. The summed E-state index contributed by atoms with van der Waals surface area (Å²) in [6.45, 7) is 2.41. The predicted molar refractivity (Wildman–Crippen MR) is 65.9 cm³/mol. The van der Waals surface area contributed by atoms with E-state index < -0.39 is 0 Å². The molecular weight excluding hydrogens is 226 g/mol. The average Bonchev–Trinajstić information content (AvgIpc) is 2.61. The van der Waals surface area contributed by atoms with Gasteiger partial charge >= 0.3 is 0 Å². The topological polar surface area (TPSA) is 30.3 Å². The van der Waals surface area contributed by atoms with Gasteiger partial charge in [-0.2, -0.15) is 5.10 Å². The third-order valence-electron chi connectivity index (χ3n) is 2.53. The van der Waals surface area contributed by atoms with E-state index in [0.717, 1.165) is 19.5 Å². The largest absolute Gasteiger partial charge is 0.383 e. The van der Waals surface area contributed by atoms with Gasteiger partial charge in [-0.05, 0) is 13.1 Å². The van der Waals surface area contributed by atoms with E-state index in [9.17, 15) is 0 Å². The first-order chi connectivity index (χ1) is 7.63. The lowest BCUT2D eigenvalue weighted by molar-refractivity contribution is 0.183. The van der Waals surface area contributed by atoms with Crippen LogP contribution in [0.2, 0.25) is 0 Å². The van der Waals surface area contributed by atoms with Crippen LogP contribution in [0, 0.1) is 0 Å². The summed E-state index contributed by atoms with van der Waals surface area (Å²) in [7, 11) is 5.71. The Balaban J connectivity index is 2.25. The highest BCUT2D eigenvalue weighted by Crippen LogP contribution is 2.02. The molecule has 92 valence electrons. The summed E-state index contributed by atoms with van der Waals surface area (Å²) in [5.74, 6) is 0. The molecule has 0 radical (unpaired) electrons. The van der Waals surface area contributed by atoms with Gasteiger partial charge in [-0.1, -0.05) is 0 Å². The molecule has 1 unspecified atom stereocenters. The summed E-state index contributed by atoms with van der Waals surface area (Å²) in [5, 5.41) is 4.19. The molecule has 0 aliphatic carbocycles. The number of hydrogen-bond acceptors (Lipinski definition) is 3. The Morgan fingerprint density at radius 1 is 1.62 bits per heavy atom. The van der Waals surface area contributed by atoms with Crippen molar-refractivity contribution in [1.29, 1.82) is 0 Å². The average molecular weight is 246 g/mol. The Kier molecular flexibility index (Phi) is 5.80. The predicted octanol–water partition coefficient (Wildman–Crippen LogP) is 1.15. The maximum atomic E-state index is 6.08. The van der Waals surface area contributed by atoms with Gasteiger partial charge in [0.15, 0.2) is 0 Å². The number of rotatable bonds is 7. The molecule has 1 atom stereocenters. The van der Waals surface area contributed by atoms with E-state index >= 15 is 0 Å². The number of ether oxygens (including phenoxy) is 1. The summed E-state index contributed by atoms with van der Waals surface area (Å²) >= 11 is 6.08. The van der Waals surface area contributed by atoms with Crippen molar-refractivity contribution in [3.63, 3.8) is 0 Å². The summed E-state index contributed by atoms with van der Waals surface area (Å²) in [5.41, 5.74) is 1.24. The molecule has 0 aromatic carbocycles. The van der Waals surface area contributed by atoms with Gasteiger partial charge < -0.3 is 9.64 Å². The van der Waals surface area contributed by atoms with Crippen LogP contribution in [0.1, 0.15) is 5.69 Å². The first-order valence-electron chi connectivity index (χ1n) is 5.42. The quantitative estimate of drug-likeness (QED) is 0.675. The molecule has 0 N–H and O–H groups in total. The molecule has 0 spiro atoms. The highest BCUT2D eigenvalue weighted by atomic mass is 35.5. The van der Waals surface area contributed by atoms with Crippen molar-refractivity contribution in [2.75, 3.05) is 33.9 Å². The van der Waals surface area contributed by atoms with Gasteiger partial charge in [-0.15, -0.1) is 11.6 Å². The van der Waals surface area contributed by atoms with Crippen molar-refractivity contribution >= 4 is 11.6 Å². The van der Waals surface area contributed by atoms with E-state index in [1.807, 2.05) is 24.0 Å². The zero-order valence-electron chi connectivity index (χ0n) is 10.2. The SMILES string of the molecule is COCC(Cl)CN(C)CCc1ccnn1C. The molecule has 0 aliphatic heterocycles. The third kappa shape index (κ3) is 4.51. The van der Waals surface area contributed by atoms with Gasteiger partial charge in [-0.25, -0.2) is 0 Å². The zero-order valence-corrected chi connectivity index (χ0v) is 10.9. The van der Waals surface area contributed by atoms with E-state index in [4.69, 9.17) is 16.3 Å². The molecule has 0 saturated carbocycles. The number of likely N-dealkylation sites (N-methyl/N-ethyl adjacent to an activating group) is 1. The molecule has 16 heavy (non-hydrogen) atoms. The Bertz CT molecular complexity index is 303. The molecule has 4 nitrogen and oxygen atoms in total. The molecule has 5 heteroatoms. The van der Waals surface area contributed by atoms with E-state index in [1.165, 1.54) is 5.69 Å². The van der Waals surface area contributed by atoms with E-state index in [1.54, 1.807) is 7.11 Å². The lowest BCUT2D eigenvalue weighted by atomic mass is 10.3. The normalized spacial score (nSPS) is 13.3. The molecule has 0 bridgehead atoms. The highest BCUT2D eigenvalue weighted by molar-refractivity contribution is 6.20. The first kappa shape index (κ1) is 13.5. The first-order valence-corrected chi connectivity index (χ1v) is 5.85. The van der Waals surface area contributed by atoms with Crippen LogP contribution < -0.4 is 0 Å². The van der Waals surface area contributed by atoms with E-state index in [0.29, 0.717) is 6.61 Å². The molecule has 0 saturated heterocycles. The van der Waals surface area contributed by atoms with Gasteiger partial charge in [-0.3, -0.25) is 4.68 Å². The van der Waals surface area contributed by atoms with Gasteiger partial charge in [0, 0.05) is 45.6 Å². The van der Waals surface area contributed by atoms with Crippen molar-refractivity contribution in [2.24, 2.45) is 7.05 Å². The van der Waals surface area contributed by atoms with Crippen LogP contribution in [-0.4, -0.2) is 53.9 Å². The highest BCUT2D eigenvalue weighted by Gasteiger charge is 2.08. The van der Waals surface area contributed by atoms with Crippen LogP contribution in [0.3, 0.4) is 0 Å². The molecule has 1 aromatic rings. The number of aryl methyl sites for hydroxylation is 1. The number of aromatic nitrogens is 2. The van der Waals surface area contributed by atoms with Crippen LogP contribution in [-0.2, 0) is 18.2 Å². The fourth-order valence-electron chi connectivity index (χ4n) is 1.61. The van der Waals surface area contributed by atoms with Gasteiger partial charge in [0.05, 0.1) is 12.0 Å². The third-order valence-corrected chi connectivity index (χ3v) is 2.79. The van der Waals surface area contributed by atoms with Crippen molar-refractivity contribution in [3.05, 3.63) is 18.0 Å². The fraction of sp³-hybridized carbons (Fsp3) is 0.727. The smallest absolute Gasteiger partial charge is 0.0696 e. The summed E-state index contributed by atoms with van der Waals surface area (Å²) < 4.78 is 6.91. The van der Waals surface area contributed by atoms with Gasteiger partial charge in [0.25, 0.3) is 0 Å². The fourth-order valence-corrected chi connectivity index (χ4v) is 1.98. The summed E-state index contributed by atoms with van der Waals surface area (Å²) in [4.78, 5) is 2.21. The molecular formula is C11H20ClN3O. The summed E-state index contributed by atoms with van der Waals surface area (Å²) in [6.07, 6.45) is 2.81. The number of hydrogen-bond donors (Lipinski definition) is 0. The molecule has 1 rings (SSSR count). The monoisotopic (exact) mass is 245 g/mol. The zero-order chi connectivity index (χ0) is 12.0. The summed E-state index contributed by atoms with van der Waals surface area (Å²) in [6, 6.07) is 2.04. The molecule has 0 aliphatic rings. The van der Waals surface area contributed by atoms with Crippen LogP contribution >= 0.6 is 11.6 Å². The second kappa shape index (κ2) is 6.89. The minimum absolute atomic E-state index is 0.0570. The van der Waals surface area contributed by atoms with Crippen molar-refractivity contribution in [1.82, 2.24) is 14.7 Å². The molecule has 0 amide bonds. The maximum Gasteiger partial charge on any atom is 0.0696 e. The molecule has 1 aromatic heterocycles. The van der Waals surface area contributed by atoms with Crippen molar-refractivity contribution < 1.29 is 4.74 Å². The Morgan fingerprint density at radius 3 is 2.94 bits per heavy atom. The Labute approximate surface area is 102 Å². The molecule has 0 fully saturated rings. The lowest BCUT2D eigenvalue weighted by Gasteiger charge is -2.19. The minimum Gasteiger partial charge on any atom is -0.383 e. The Morgan fingerprint density at radius 2 is 2.38 bits per heavy atom.